The zero-order chi connectivity index (χ0) is 6.99. The Labute approximate surface area is 81.6 Å². The van der Waals surface area contributed by atoms with E-state index in [1.807, 2.05) is 0.164 Å². The molecular formula is C4H4KNO2. The molecule has 0 aromatic carbocycles. The van der Waals surface area contributed by atoms with Gasteiger partial charge in [0.15, 0.2) is 0 Å². The molecule has 0 atom stereocenters. The van der Waals surface area contributed by atoms with Gasteiger partial charge in [-0.15, -0.1) is 0 Å². The first-order chi connectivity index (χ1) is 3.68. The molecule has 0 fully saturated rings. The number of aliphatic carboxylic acids is 1. The number of carboxylic acid groups (broad SMARTS) is 1. The van der Waals surface area contributed by atoms with E-state index in [0.29, 0.717) is 49.0 Å². The monoisotopic (exact) mass is 137 g/mol. The molecule has 0 radical (unpaired) electrons. The van der Waals surface area contributed by atoms with Crippen LogP contribution in [-0.2, 0) is 4.79 Å². The van der Waals surface area contributed by atoms with E-state index in [1.54, 1.807) is 0 Å². The van der Waals surface area contributed by atoms with Crippen molar-refractivity contribution in [2.75, 3.05) is 0 Å². The standard InChI is InChI=1S/C3H4O2.CN.K/c1-2-3(4)5;1-2;/h2H,1H2,(H,4,5);;. The first-order valence-electron chi connectivity index (χ1n) is 1.85. The van der Waals surface area contributed by atoms with E-state index in [2.05, 4.69) is 6.58 Å². The number of hydrogen-bond donors (Lipinski definition) is 1. The van der Waals surface area contributed by atoms with E-state index < -0.39 is 5.97 Å². The number of carbonyl (C=O) groups is 1. The summed E-state index contributed by atoms with van der Waals surface area (Å²) in [5, 5.41) is 15.0. The van der Waals surface area contributed by atoms with Gasteiger partial charge in [-0.05, 0) is 0 Å². The molecule has 3 nitrogen and oxygen atoms in total. The molecule has 0 saturated carbocycles. The van der Waals surface area contributed by atoms with Gasteiger partial charge in [-0.3, -0.25) is 0 Å². The zero-order valence-electron chi connectivity index (χ0n) is 4.59. The van der Waals surface area contributed by atoms with Gasteiger partial charge in [0.1, 0.15) is 0 Å². The van der Waals surface area contributed by atoms with Crippen LogP contribution in [0.5, 0.6) is 0 Å². The molecule has 0 aromatic rings. The Morgan fingerprint density at radius 2 is 2.12 bits per heavy atom. The van der Waals surface area contributed by atoms with E-state index >= 15 is 0 Å². The average molecular weight is 137 g/mol. The molecule has 4 heteroatoms. The third-order valence-corrected chi connectivity index (χ3v) is 0.175. The molecular weight excluding hydrogens is 133 g/mol. The number of nitrogens with zero attached hydrogens (tertiary/aromatic N) is 1. The first kappa shape index (κ1) is 11.2. The van der Waals surface area contributed by atoms with Crippen LogP contribution in [0.3, 0.4) is 0 Å². The van der Waals surface area contributed by atoms with E-state index in [9.17, 15) is 4.79 Å². The topological polar surface area (TPSA) is 61.1 Å². The number of nitriles is 1. The maximum atomic E-state index is 9.25. The third-order valence-electron chi connectivity index (χ3n) is 0.175. The van der Waals surface area contributed by atoms with Crippen LogP contribution in [0.2, 0.25) is 0 Å². The Balaban J connectivity index is 0. The van der Waals surface area contributed by atoms with Crippen LogP contribution >= 0.6 is 0 Å². The quantitative estimate of drug-likeness (QED) is 0.405. The Morgan fingerprint density at radius 1 is 2.00 bits per heavy atom. The number of carboxylic acids is 1. The number of hydrogen-bond acceptors (Lipinski definition) is 2. The second kappa shape index (κ2) is 10.3. The molecule has 0 unspecified atom stereocenters. The van der Waals surface area contributed by atoms with E-state index in [4.69, 9.17) is 10.4 Å². The summed E-state index contributed by atoms with van der Waals surface area (Å²) < 4.78 is 1.94. The summed E-state index contributed by atoms with van der Waals surface area (Å²) >= 11 is 0.410. The average Bonchev–Trinajstić information content (AvgIpc) is 1.69. The minimum atomic E-state index is -0.981. The molecule has 0 aromatic heterocycles. The molecule has 8 heavy (non-hydrogen) atoms. The normalized spacial score (nSPS) is 5.12. The van der Waals surface area contributed by atoms with Crippen molar-refractivity contribution in [2.45, 2.75) is 0 Å². The van der Waals surface area contributed by atoms with Crippen molar-refractivity contribution in [3.63, 3.8) is 0 Å². The molecule has 0 aliphatic carbocycles. The van der Waals surface area contributed by atoms with E-state index in [-0.39, 0.29) is 0 Å². The van der Waals surface area contributed by atoms with Gasteiger partial charge in [-0.1, -0.05) is 6.58 Å². The van der Waals surface area contributed by atoms with Gasteiger partial charge in [0.25, 0.3) is 0 Å². The first-order valence-corrected chi connectivity index (χ1v) is 3.41. The molecule has 0 amide bonds. The van der Waals surface area contributed by atoms with Crippen LogP contribution in [0.15, 0.2) is 12.7 Å². The molecule has 0 heterocycles. The molecule has 0 spiro atoms. The van der Waals surface area contributed by atoms with Gasteiger partial charge in [0, 0.05) is 6.08 Å². The summed E-state index contributed by atoms with van der Waals surface area (Å²) in [6.45, 7) is 2.96. The molecule has 38 valence electrons. The van der Waals surface area contributed by atoms with Crippen molar-refractivity contribution in [1.29, 1.82) is 5.26 Å². The summed E-state index contributed by atoms with van der Waals surface area (Å²) in [4.78, 5) is 9.25. The second-order valence-electron chi connectivity index (χ2n) is 0.766. The Bertz CT molecular complexity index is 116. The van der Waals surface area contributed by atoms with Gasteiger partial charge in [0.05, 0.1) is 0 Å². The Morgan fingerprint density at radius 3 is 2.12 bits per heavy atom. The van der Waals surface area contributed by atoms with Crippen LogP contribution in [0.4, 0.5) is 0 Å². The van der Waals surface area contributed by atoms with Crippen molar-refractivity contribution in [2.24, 2.45) is 0 Å². The van der Waals surface area contributed by atoms with Gasteiger partial charge < -0.3 is 5.11 Å². The van der Waals surface area contributed by atoms with Crippen LogP contribution < -0.4 is 0 Å². The summed E-state index contributed by atoms with van der Waals surface area (Å²) in [6, 6.07) is 0. The van der Waals surface area contributed by atoms with Crippen molar-refractivity contribution in [1.82, 2.24) is 0 Å². The van der Waals surface area contributed by atoms with Gasteiger partial charge in [0.2, 0.25) is 0 Å². The van der Waals surface area contributed by atoms with Gasteiger partial charge >= 0.3 is 60.3 Å². The molecule has 1 N–H and O–H groups in total. The number of rotatable bonds is 1. The van der Waals surface area contributed by atoms with Crippen LogP contribution in [0.25, 0.3) is 0 Å². The summed E-state index contributed by atoms with van der Waals surface area (Å²) in [6.07, 6.45) is 0.833. The van der Waals surface area contributed by atoms with Crippen molar-refractivity contribution in [3.8, 4) is 0.164 Å². The van der Waals surface area contributed by atoms with Crippen LogP contribution in [0, 0.1) is 5.43 Å². The maximum absolute atomic E-state index is 9.25. The van der Waals surface area contributed by atoms with Crippen LogP contribution in [0.1, 0.15) is 0 Å². The Hall–Kier alpha value is 0.336. The summed E-state index contributed by atoms with van der Waals surface area (Å²) in [5.41, 5.74) is 0. The van der Waals surface area contributed by atoms with Crippen molar-refractivity contribution in [3.05, 3.63) is 12.7 Å². The Kier molecular flexibility index (Phi) is 14.4. The van der Waals surface area contributed by atoms with E-state index in [1.165, 1.54) is 0 Å². The zero-order valence-corrected chi connectivity index (χ0v) is 7.71. The predicted octanol–water partition coefficient (Wildman–Crippen LogP) is -0.107. The molecule has 0 aliphatic rings. The fourth-order valence-corrected chi connectivity index (χ4v) is 0. The fourth-order valence-electron chi connectivity index (χ4n) is 0. The fraction of sp³-hybridized carbons (Fsp3) is 0. The van der Waals surface area contributed by atoms with Crippen molar-refractivity contribution < 1.29 is 9.90 Å². The van der Waals surface area contributed by atoms with Gasteiger partial charge in [-0.25, -0.2) is 4.79 Å². The van der Waals surface area contributed by atoms with Gasteiger partial charge in [-0.2, -0.15) is 0 Å². The minimum absolute atomic E-state index is 0.410. The summed E-state index contributed by atoms with van der Waals surface area (Å²) in [7, 11) is 0. The van der Waals surface area contributed by atoms with Crippen molar-refractivity contribution >= 4 is 54.9 Å². The molecule has 0 bridgehead atoms. The van der Waals surface area contributed by atoms with E-state index in [0.717, 1.165) is 6.08 Å². The predicted molar refractivity (Wildman–Crippen MR) is 29.2 cm³/mol. The molecule has 0 saturated heterocycles. The van der Waals surface area contributed by atoms with Crippen LogP contribution in [-0.4, -0.2) is 60.0 Å². The summed E-state index contributed by atoms with van der Waals surface area (Å²) in [5.74, 6) is -0.981. The molecule has 0 aliphatic heterocycles. The molecule has 0 rings (SSSR count). The second-order valence-corrected chi connectivity index (χ2v) is 1.46. The third kappa shape index (κ3) is 33.1. The SMILES string of the molecule is C=CC(=O)O.N#[C][K].